The quantitative estimate of drug-likeness (QED) is 0.840. The summed E-state index contributed by atoms with van der Waals surface area (Å²) in [6.07, 6.45) is 1.90. The summed E-state index contributed by atoms with van der Waals surface area (Å²) in [6.45, 7) is 8.08. The van der Waals surface area contributed by atoms with Crippen molar-refractivity contribution in [3.63, 3.8) is 0 Å². The number of rotatable bonds is 7. The van der Waals surface area contributed by atoms with E-state index in [1.54, 1.807) is 0 Å². The first-order chi connectivity index (χ1) is 9.33. The topological polar surface area (TPSA) is 28.2 Å². The lowest BCUT2D eigenvalue weighted by Gasteiger charge is -2.22. The molecule has 3 nitrogen and oxygen atoms in total. The van der Waals surface area contributed by atoms with Crippen molar-refractivity contribution < 1.29 is 0 Å². The van der Waals surface area contributed by atoms with Gasteiger partial charge in [-0.25, -0.2) is 0 Å². The van der Waals surface area contributed by atoms with Gasteiger partial charge in [-0.3, -0.25) is 4.98 Å². The molecule has 0 aliphatic heterocycles. The third-order valence-electron chi connectivity index (χ3n) is 3.03. The zero-order valence-electron chi connectivity index (χ0n) is 11.6. The lowest BCUT2D eigenvalue weighted by atomic mass is 10.2. The van der Waals surface area contributed by atoms with E-state index in [2.05, 4.69) is 58.7 Å². The van der Waals surface area contributed by atoms with Crippen LogP contribution >= 0.6 is 11.3 Å². The predicted octanol–water partition coefficient (Wildman–Crippen LogP) is 3.28. The monoisotopic (exact) mass is 275 g/mol. The second-order valence-corrected chi connectivity index (χ2v) is 5.41. The van der Waals surface area contributed by atoms with Gasteiger partial charge in [0.25, 0.3) is 0 Å². The Balaban J connectivity index is 2.09. The number of nitrogens with one attached hydrogen (secondary N) is 1. The smallest absolute Gasteiger partial charge is 0.0562 e. The Kier molecular flexibility index (Phi) is 5.36. The Hall–Kier alpha value is -1.39. The molecule has 0 aromatic carbocycles. The normalized spacial score (nSPS) is 10.6. The van der Waals surface area contributed by atoms with E-state index in [0.29, 0.717) is 0 Å². The standard InChI is InChI=1S/C15H21N3S/c1-3-16-11-13-10-14(7-8-17-13)18(4-2)12-15-6-5-9-19-15/h5-10,16H,3-4,11-12H2,1-2H3. The molecule has 1 N–H and O–H groups in total. The lowest BCUT2D eigenvalue weighted by molar-refractivity contribution is 0.709. The highest BCUT2D eigenvalue weighted by Crippen LogP contribution is 2.19. The highest BCUT2D eigenvalue weighted by Gasteiger charge is 2.07. The molecule has 0 amide bonds. The van der Waals surface area contributed by atoms with Crippen LogP contribution in [0.1, 0.15) is 24.4 Å². The van der Waals surface area contributed by atoms with Gasteiger partial charge in [-0.15, -0.1) is 11.3 Å². The maximum Gasteiger partial charge on any atom is 0.0562 e. The maximum absolute atomic E-state index is 4.40. The number of pyridine rings is 1. The van der Waals surface area contributed by atoms with Crippen LogP contribution in [0.4, 0.5) is 5.69 Å². The van der Waals surface area contributed by atoms with Crippen LogP contribution in [0, 0.1) is 0 Å². The first-order valence-electron chi connectivity index (χ1n) is 6.76. The van der Waals surface area contributed by atoms with Gasteiger partial charge in [0.1, 0.15) is 0 Å². The molecular weight excluding hydrogens is 254 g/mol. The van der Waals surface area contributed by atoms with Crippen LogP contribution < -0.4 is 10.2 Å². The minimum atomic E-state index is 0.834. The summed E-state index contributed by atoms with van der Waals surface area (Å²) in [5.74, 6) is 0. The number of hydrogen-bond acceptors (Lipinski definition) is 4. The molecule has 0 fully saturated rings. The van der Waals surface area contributed by atoms with Crippen molar-refractivity contribution in [3.05, 3.63) is 46.4 Å². The van der Waals surface area contributed by atoms with Crippen molar-refractivity contribution in [1.29, 1.82) is 0 Å². The minimum absolute atomic E-state index is 0.834. The molecule has 2 aromatic rings. The third-order valence-corrected chi connectivity index (χ3v) is 3.89. The number of aromatic nitrogens is 1. The SMILES string of the molecule is CCNCc1cc(N(CC)Cc2cccs2)ccn1. The molecule has 19 heavy (non-hydrogen) atoms. The molecule has 0 spiro atoms. The summed E-state index contributed by atoms with van der Waals surface area (Å²) in [6, 6.07) is 8.57. The minimum Gasteiger partial charge on any atom is -0.367 e. The van der Waals surface area contributed by atoms with Gasteiger partial charge in [0.15, 0.2) is 0 Å². The second-order valence-electron chi connectivity index (χ2n) is 4.38. The van der Waals surface area contributed by atoms with Crippen molar-refractivity contribution >= 4 is 17.0 Å². The molecule has 4 heteroatoms. The van der Waals surface area contributed by atoms with Crippen LogP contribution in [-0.4, -0.2) is 18.1 Å². The molecule has 0 aliphatic rings. The Bertz CT molecular complexity index is 482. The van der Waals surface area contributed by atoms with Crippen LogP contribution in [-0.2, 0) is 13.1 Å². The van der Waals surface area contributed by atoms with E-state index < -0.39 is 0 Å². The Morgan fingerprint density at radius 3 is 2.89 bits per heavy atom. The summed E-state index contributed by atoms with van der Waals surface area (Å²) in [7, 11) is 0. The van der Waals surface area contributed by atoms with E-state index in [-0.39, 0.29) is 0 Å². The Labute approximate surface area is 119 Å². The molecule has 0 saturated heterocycles. The highest BCUT2D eigenvalue weighted by atomic mass is 32.1. The summed E-state index contributed by atoms with van der Waals surface area (Å²) in [5, 5.41) is 5.45. The van der Waals surface area contributed by atoms with Crippen molar-refractivity contribution in [3.8, 4) is 0 Å². The third kappa shape index (κ3) is 4.04. The number of nitrogens with zero attached hydrogens (tertiary/aromatic N) is 2. The molecule has 0 aliphatic carbocycles. The molecule has 0 radical (unpaired) electrons. The van der Waals surface area contributed by atoms with E-state index in [4.69, 9.17) is 0 Å². The molecule has 0 atom stereocenters. The van der Waals surface area contributed by atoms with Gasteiger partial charge in [-0.1, -0.05) is 13.0 Å². The fraction of sp³-hybridized carbons (Fsp3) is 0.400. The molecule has 0 saturated carbocycles. The van der Waals surface area contributed by atoms with Gasteiger partial charge in [-0.05, 0) is 37.0 Å². The van der Waals surface area contributed by atoms with Gasteiger partial charge < -0.3 is 10.2 Å². The van der Waals surface area contributed by atoms with Gasteiger partial charge in [-0.2, -0.15) is 0 Å². The number of thiophene rings is 1. The van der Waals surface area contributed by atoms with Crippen LogP contribution in [0.5, 0.6) is 0 Å². The summed E-state index contributed by atoms with van der Waals surface area (Å²) < 4.78 is 0. The van der Waals surface area contributed by atoms with Crippen LogP contribution in [0.3, 0.4) is 0 Å². The zero-order valence-corrected chi connectivity index (χ0v) is 12.4. The highest BCUT2D eigenvalue weighted by molar-refractivity contribution is 7.09. The summed E-state index contributed by atoms with van der Waals surface area (Å²) in [4.78, 5) is 8.18. The molecule has 2 aromatic heterocycles. The first kappa shape index (κ1) is 14.0. The molecular formula is C15H21N3S. The fourth-order valence-electron chi connectivity index (χ4n) is 1.99. The zero-order chi connectivity index (χ0) is 13.5. The Morgan fingerprint density at radius 1 is 1.32 bits per heavy atom. The molecule has 0 bridgehead atoms. The average Bonchev–Trinajstić information content (AvgIpc) is 2.96. The molecule has 2 rings (SSSR count). The van der Waals surface area contributed by atoms with Gasteiger partial charge >= 0.3 is 0 Å². The van der Waals surface area contributed by atoms with Gasteiger partial charge in [0.2, 0.25) is 0 Å². The van der Waals surface area contributed by atoms with Crippen molar-refractivity contribution in [2.24, 2.45) is 0 Å². The molecule has 102 valence electrons. The van der Waals surface area contributed by atoms with E-state index in [1.807, 2.05) is 17.5 Å². The maximum atomic E-state index is 4.40. The van der Waals surface area contributed by atoms with Gasteiger partial charge in [0, 0.05) is 29.9 Å². The predicted molar refractivity (Wildman–Crippen MR) is 82.7 cm³/mol. The van der Waals surface area contributed by atoms with E-state index in [9.17, 15) is 0 Å². The van der Waals surface area contributed by atoms with E-state index in [0.717, 1.165) is 31.9 Å². The van der Waals surface area contributed by atoms with Crippen molar-refractivity contribution in [2.75, 3.05) is 18.0 Å². The van der Waals surface area contributed by atoms with Crippen molar-refractivity contribution in [1.82, 2.24) is 10.3 Å². The first-order valence-corrected chi connectivity index (χ1v) is 7.64. The van der Waals surface area contributed by atoms with Crippen molar-refractivity contribution in [2.45, 2.75) is 26.9 Å². The van der Waals surface area contributed by atoms with Gasteiger partial charge in [0.05, 0.1) is 12.2 Å². The van der Waals surface area contributed by atoms with Crippen LogP contribution in [0.25, 0.3) is 0 Å². The van der Waals surface area contributed by atoms with E-state index in [1.165, 1.54) is 10.6 Å². The second kappa shape index (κ2) is 7.26. The van der Waals surface area contributed by atoms with Crippen LogP contribution in [0.2, 0.25) is 0 Å². The summed E-state index contributed by atoms with van der Waals surface area (Å²) >= 11 is 1.81. The molecule has 2 heterocycles. The van der Waals surface area contributed by atoms with Crippen LogP contribution in [0.15, 0.2) is 35.8 Å². The van der Waals surface area contributed by atoms with E-state index >= 15 is 0 Å². The largest absolute Gasteiger partial charge is 0.367 e. The average molecular weight is 275 g/mol. The fourth-order valence-corrected chi connectivity index (χ4v) is 2.71. The molecule has 0 unspecified atom stereocenters. The lowest BCUT2D eigenvalue weighted by Crippen LogP contribution is -2.22. The Morgan fingerprint density at radius 2 is 2.21 bits per heavy atom. The number of anilines is 1. The number of hydrogen-bond donors (Lipinski definition) is 1. The summed E-state index contributed by atoms with van der Waals surface area (Å²) in [5.41, 5.74) is 2.35.